The summed E-state index contributed by atoms with van der Waals surface area (Å²) < 4.78 is 5.28. The van der Waals surface area contributed by atoms with Crippen molar-refractivity contribution in [2.75, 3.05) is 25.0 Å². The van der Waals surface area contributed by atoms with Gasteiger partial charge in [0.1, 0.15) is 5.60 Å². The fourth-order valence-corrected chi connectivity index (χ4v) is 3.61. The highest BCUT2D eigenvalue weighted by molar-refractivity contribution is 6.36. The van der Waals surface area contributed by atoms with Gasteiger partial charge in [-0.15, -0.1) is 0 Å². The number of benzene rings is 1. The molecule has 0 spiro atoms. The topological polar surface area (TPSA) is 70.7 Å². The van der Waals surface area contributed by atoms with Crippen molar-refractivity contribution in [2.24, 2.45) is 5.92 Å². The largest absolute Gasteiger partial charge is 0.444 e. The first-order chi connectivity index (χ1) is 13.0. The van der Waals surface area contributed by atoms with Gasteiger partial charge in [0.05, 0.1) is 16.8 Å². The van der Waals surface area contributed by atoms with Gasteiger partial charge in [0.2, 0.25) is 5.91 Å². The lowest BCUT2D eigenvalue weighted by Crippen LogP contribution is -2.49. The van der Waals surface area contributed by atoms with E-state index in [1.165, 1.54) is 0 Å². The summed E-state index contributed by atoms with van der Waals surface area (Å²) in [5, 5.41) is 6.63. The van der Waals surface area contributed by atoms with Crippen LogP contribution in [-0.2, 0) is 9.53 Å². The Bertz CT molecular complexity index is 706. The number of piperidine rings is 1. The molecule has 6 nitrogen and oxygen atoms in total. The van der Waals surface area contributed by atoms with Gasteiger partial charge in [-0.1, -0.05) is 23.2 Å². The van der Waals surface area contributed by atoms with Gasteiger partial charge in [0, 0.05) is 18.1 Å². The number of halogens is 2. The van der Waals surface area contributed by atoms with Crippen LogP contribution >= 0.6 is 23.2 Å². The predicted molar refractivity (Wildman–Crippen MR) is 113 cm³/mol. The van der Waals surface area contributed by atoms with E-state index in [2.05, 4.69) is 15.5 Å². The number of hydrogen-bond donors (Lipinski definition) is 2. The van der Waals surface area contributed by atoms with E-state index in [4.69, 9.17) is 27.9 Å². The summed E-state index contributed by atoms with van der Waals surface area (Å²) in [4.78, 5) is 26.6. The van der Waals surface area contributed by atoms with Crippen molar-refractivity contribution in [1.82, 2.24) is 10.2 Å². The van der Waals surface area contributed by atoms with Crippen molar-refractivity contribution < 1.29 is 14.3 Å². The maximum atomic E-state index is 12.6. The zero-order valence-electron chi connectivity index (χ0n) is 16.9. The molecule has 1 saturated heterocycles. The van der Waals surface area contributed by atoms with Gasteiger partial charge in [-0.2, -0.15) is 0 Å². The highest BCUT2D eigenvalue weighted by Crippen LogP contribution is 2.26. The number of alkyl carbamates (subject to hydrolysis) is 1. The Balaban J connectivity index is 1.86. The molecule has 0 saturated carbocycles. The predicted octanol–water partition coefficient (Wildman–Crippen LogP) is 4.56. The second kappa shape index (κ2) is 9.81. The molecule has 2 N–H and O–H groups in total. The zero-order valence-corrected chi connectivity index (χ0v) is 18.4. The molecule has 1 aliphatic heterocycles. The third-order valence-corrected chi connectivity index (χ3v) is 5.15. The van der Waals surface area contributed by atoms with Crippen LogP contribution in [0.5, 0.6) is 0 Å². The molecule has 1 aliphatic rings. The number of anilines is 1. The van der Waals surface area contributed by atoms with Crippen LogP contribution in [0.2, 0.25) is 10.0 Å². The van der Waals surface area contributed by atoms with Crippen LogP contribution in [0, 0.1) is 5.92 Å². The molecule has 2 rings (SSSR count). The van der Waals surface area contributed by atoms with Gasteiger partial charge < -0.3 is 15.4 Å². The standard InChI is InChI=1S/C20H29Cl2N3O3/c1-13(18(26)24-17-8-7-15(21)10-16(17)22)25-9-5-6-14(12-25)11-23-19(27)28-20(2,3)4/h7-8,10,13-14H,5-6,9,11-12H2,1-4H3,(H,23,27)(H,24,26). The molecular formula is C20H29Cl2N3O3. The summed E-state index contributed by atoms with van der Waals surface area (Å²) in [6.45, 7) is 9.49. The molecule has 156 valence electrons. The molecule has 1 aromatic carbocycles. The van der Waals surface area contributed by atoms with E-state index in [0.717, 1.165) is 25.9 Å². The normalized spacial score (nSPS) is 19.0. The first-order valence-electron chi connectivity index (χ1n) is 9.52. The number of carbonyl (C=O) groups is 2. The van der Waals surface area contributed by atoms with E-state index in [1.807, 2.05) is 27.7 Å². The molecule has 28 heavy (non-hydrogen) atoms. The third-order valence-electron chi connectivity index (χ3n) is 4.60. The fourth-order valence-electron chi connectivity index (χ4n) is 3.15. The molecule has 0 aromatic heterocycles. The Kier molecular flexibility index (Phi) is 7.98. The van der Waals surface area contributed by atoms with Crippen LogP contribution in [0.3, 0.4) is 0 Å². The number of rotatable bonds is 5. The maximum Gasteiger partial charge on any atom is 0.407 e. The molecule has 1 aromatic rings. The van der Waals surface area contributed by atoms with Gasteiger partial charge in [0.15, 0.2) is 0 Å². The molecular weight excluding hydrogens is 401 g/mol. The average molecular weight is 430 g/mol. The second-order valence-electron chi connectivity index (χ2n) is 8.18. The minimum absolute atomic E-state index is 0.120. The number of ether oxygens (including phenoxy) is 1. The summed E-state index contributed by atoms with van der Waals surface area (Å²) >= 11 is 12.0. The quantitative estimate of drug-likeness (QED) is 0.719. The van der Waals surface area contributed by atoms with Crippen molar-refractivity contribution in [3.63, 3.8) is 0 Å². The molecule has 0 bridgehead atoms. The summed E-state index contributed by atoms with van der Waals surface area (Å²) in [5.74, 6) is 0.153. The minimum Gasteiger partial charge on any atom is -0.444 e. The van der Waals surface area contributed by atoms with Crippen LogP contribution in [0.4, 0.5) is 10.5 Å². The highest BCUT2D eigenvalue weighted by atomic mass is 35.5. The molecule has 2 atom stereocenters. The van der Waals surface area contributed by atoms with Crippen molar-refractivity contribution in [3.05, 3.63) is 28.2 Å². The Morgan fingerprint density at radius 3 is 2.68 bits per heavy atom. The minimum atomic E-state index is -0.516. The highest BCUT2D eigenvalue weighted by Gasteiger charge is 2.28. The molecule has 1 heterocycles. The Labute approximate surface area is 176 Å². The van der Waals surface area contributed by atoms with Crippen molar-refractivity contribution in [3.8, 4) is 0 Å². The van der Waals surface area contributed by atoms with E-state index in [1.54, 1.807) is 18.2 Å². The Morgan fingerprint density at radius 2 is 2.04 bits per heavy atom. The zero-order chi connectivity index (χ0) is 20.9. The number of nitrogens with zero attached hydrogens (tertiary/aromatic N) is 1. The first-order valence-corrected chi connectivity index (χ1v) is 10.3. The average Bonchev–Trinajstić information content (AvgIpc) is 2.60. The summed E-state index contributed by atoms with van der Waals surface area (Å²) in [6, 6.07) is 4.67. The molecule has 8 heteroatoms. The third kappa shape index (κ3) is 7.15. The summed E-state index contributed by atoms with van der Waals surface area (Å²) in [5.41, 5.74) is 0.0289. The van der Waals surface area contributed by atoms with Gasteiger partial charge in [0.25, 0.3) is 0 Å². The van der Waals surface area contributed by atoms with Crippen LogP contribution in [0.15, 0.2) is 18.2 Å². The maximum absolute atomic E-state index is 12.6. The summed E-state index contributed by atoms with van der Waals surface area (Å²) in [7, 11) is 0. The van der Waals surface area contributed by atoms with Crippen LogP contribution in [0.1, 0.15) is 40.5 Å². The number of carbonyl (C=O) groups excluding carboxylic acids is 2. The van der Waals surface area contributed by atoms with E-state index < -0.39 is 11.7 Å². The molecule has 2 amide bonds. The Hall–Kier alpha value is -1.50. The lowest BCUT2D eigenvalue weighted by molar-refractivity contribution is -0.121. The van der Waals surface area contributed by atoms with Gasteiger partial charge in [-0.25, -0.2) is 4.79 Å². The van der Waals surface area contributed by atoms with E-state index >= 15 is 0 Å². The molecule has 0 aliphatic carbocycles. The Morgan fingerprint density at radius 1 is 1.32 bits per heavy atom. The van der Waals surface area contributed by atoms with Gasteiger partial charge in [-0.3, -0.25) is 9.69 Å². The van der Waals surface area contributed by atoms with E-state index in [9.17, 15) is 9.59 Å². The van der Waals surface area contributed by atoms with Crippen molar-refractivity contribution >= 4 is 40.9 Å². The fraction of sp³-hybridized carbons (Fsp3) is 0.600. The summed E-state index contributed by atoms with van der Waals surface area (Å²) in [6.07, 6.45) is 1.57. The first kappa shape index (κ1) is 22.8. The number of amides is 2. The monoisotopic (exact) mass is 429 g/mol. The van der Waals surface area contributed by atoms with Crippen LogP contribution < -0.4 is 10.6 Å². The number of nitrogens with one attached hydrogen (secondary N) is 2. The van der Waals surface area contributed by atoms with Crippen molar-refractivity contribution in [2.45, 2.75) is 52.2 Å². The van der Waals surface area contributed by atoms with Crippen LogP contribution in [0.25, 0.3) is 0 Å². The number of likely N-dealkylation sites (tertiary alicyclic amines) is 1. The van der Waals surface area contributed by atoms with Crippen LogP contribution in [-0.4, -0.2) is 48.2 Å². The van der Waals surface area contributed by atoms with Crippen molar-refractivity contribution in [1.29, 1.82) is 0 Å². The van der Waals surface area contributed by atoms with Gasteiger partial charge >= 0.3 is 6.09 Å². The number of hydrogen-bond acceptors (Lipinski definition) is 4. The molecule has 0 radical (unpaired) electrons. The molecule has 2 unspecified atom stereocenters. The lowest BCUT2D eigenvalue weighted by atomic mass is 9.96. The second-order valence-corrected chi connectivity index (χ2v) is 9.02. The molecule has 1 fully saturated rings. The van der Waals surface area contributed by atoms with E-state index in [0.29, 0.717) is 22.3 Å². The smallest absolute Gasteiger partial charge is 0.407 e. The SMILES string of the molecule is CC(C(=O)Nc1ccc(Cl)cc1Cl)N1CCCC(CNC(=O)OC(C)(C)C)C1. The van der Waals surface area contributed by atoms with Gasteiger partial charge in [-0.05, 0) is 71.2 Å². The lowest BCUT2D eigenvalue weighted by Gasteiger charge is -2.36. The van der Waals surface area contributed by atoms with E-state index in [-0.39, 0.29) is 17.9 Å².